The van der Waals surface area contributed by atoms with E-state index in [2.05, 4.69) is 67.6 Å². The van der Waals surface area contributed by atoms with E-state index in [0.29, 0.717) is 22.6 Å². The highest BCUT2D eigenvalue weighted by Gasteiger charge is 2.26. The van der Waals surface area contributed by atoms with Crippen LogP contribution in [0.1, 0.15) is 73.0 Å². The summed E-state index contributed by atoms with van der Waals surface area (Å²) in [5.74, 6) is 1.60. The van der Waals surface area contributed by atoms with Gasteiger partial charge in [0, 0.05) is 88.8 Å². The van der Waals surface area contributed by atoms with Crippen LogP contribution in [0.3, 0.4) is 0 Å². The number of aryl methyl sites for hydroxylation is 3. The van der Waals surface area contributed by atoms with Crippen molar-refractivity contribution in [2.45, 2.75) is 57.5 Å². The molecule has 0 unspecified atom stereocenters. The molecule has 0 atom stereocenters. The van der Waals surface area contributed by atoms with Crippen molar-refractivity contribution >= 4 is 50.7 Å². The fourth-order valence-corrected chi connectivity index (χ4v) is 9.89. The van der Waals surface area contributed by atoms with Crippen molar-refractivity contribution in [2.24, 2.45) is 32.8 Å². The average Bonchev–Trinajstić information content (AvgIpc) is 3.88. The molecule has 0 spiro atoms. The lowest BCUT2D eigenvalue weighted by Gasteiger charge is -2.36. The number of nitrogens with zero attached hydrogens (tertiary/aromatic N) is 10. The monoisotopic (exact) mass is 903 g/mol. The Morgan fingerprint density at radius 3 is 2.39 bits per heavy atom. The topological polar surface area (TPSA) is 166 Å². The molecule has 10 rings (SSSR count). The van der Waals surface area contributed by atoms with E-state index in [1.807, 2.05) is 57.9 Å². The highest BCUT2D eigenvalue weighted by atomic mass is 35.5. The maximum atomic E-state index is 13.2. The van der Waals surface area contributed by atoms with Crippen molar-refractivity contribution in [1.29, 1.82) is 5.26 Å². The summed E-state index contributed by atoms with van der Waals surface area (Å²) >= 11 is 5.94. The number of nitriles is 1. The van der Waals surface area contributed by atoms with Crippen LogP contribution in [0.4, 0.5) is 5.82 Å². The Hall–Kier alpha value is -6.82. The third-order valence-electron chi connectivity index (χ3n) is 13.3. The number of imidazole rings is 1. The molecule has 0 bridgehead atoms. The molecule has 7 aromatic rings. The molecule has 4 aromatic heterocycles. The number of amides is 1. The second-order valence-corrected chi connectivity index (χ2v) is 18.1. The summed E-state index contributed by atoms with van der Waals surface area (Å²) in [5, 5.41) is 23.9. The number of halogens is 1. The fraction of sp³-hybridized carbons (Fsp3) is 0.353. The van der Waals surface area contributed by atoms with Crippen LogP contribution in [-0.4, -0.2) is 83.7 Å². The van der Waals surface area contributed by atoms with Crippen LogP contribution in [0, 0.1) is 17.2 Å². The van der Waals surface area contributed by atoms with E-state index in [4.69, 9.17) is 32.3 Å². The molecule has 15 heteroatoms. The number of aromatic nitrogens is 7. The quantitative estimate of drug-likeness (QED) is 0.149. The zero-order chi connectivity index (χ0) is 45.9. The summed E-state index contributed by atoms with van der Waals surface area (Å²) in [6, 6.07) is 23.7. The minimum Gasteiger partial charge on any atom is -0.490 e. The Balaban J connectivity index is 0.000000289. The van der Waals surface area contributed by atoms with Crippen LogP contribution in [0.15, 0.2) is 96.2 Å². The van der Waals surface area contributed by atoms with Gasteiger partial charge < -0.3 is 15.4 Å². The first kappa shape index (κ1) is 44.4. The van der Waals surface area contributed by atoms with Gasteiger partial charge in [-0.05, 0) is 115 Å². The van der Waals surface area contributed by atoms with E-state index in [9.17, 15) is 9.59 Å². The first-order valence-electron chi connectivity index (χ1n) is 22.8. The van der Waals surface area contributed by atoms with Gasteiger partial charge in [0.1, 0.15) is 11.8 Å². The van der Waals surface area contributed by atoms with E-state index in [1.165, 1.54) is 24.8 Å². The SMILES string of the molecule is Cn1cc(-c2cc3cccc(-c4cc(C5=CCN(CC6CCN(c7ccc(C(N)=O)nn7)CC6)CC5)c5c(c4)n(C)c(=O)n5C)c3cn2)cn1.N#Cc1ccc(OC2CCCCC2)cc1Cl. The summed E-state index contributed by atoms with van der Waals surface area (Å²) in [6.45, 7) is 4.70. The Morgan fingerprint density at radius 2 is 1.71 bits per heavy atom. The number of piperidine rings is 1. The van der Waals surface area contributed by atoms with Gasteiger partial charge in [0.05, 0.1) is 39.6 Å². The summed E-state index contributed by atoms with van der Waals surface area (Å²) < 4.78 is 11.2. The lowest BCUT2D eigenvalue weighted by Crippen LogP contribution is -2.40. The number of benzene rings is 3. The molecule has 14 nitrogen and oxygen atoms in total. The second kappa shape index (κ2) is 19.3. The van der Waals surface area contributed by atoms with Crippen molar-refractivity contribution in [3.63, 3.8) is 0 Å². The minimum atomic E-state index is -0.565. The molecule has 2 fully saturated rings. The number of pyridine rings is 1. The Morgan fingerprint density at radius 1 is 0.894 bits per heavy atom. The average molecular weight is 905 g/mol. The van der Waals surface area contributed by atoms with E-state index in [1.54, 1.807) is 32.0 Å². The minimum absolute atomic E-state index is 0.0294. The molecule has 1 saturated carbocycles. The molecular formula is C51H54ClN11O3. The molecule has 3 aromatic carbocycles. The number of nitrogens with two attached hydrogens (primary N) is 1. The van der Waals surface area contributed by atoms with Crippen molar-refractivity contribution in [1.82, 2.24) is 39.0 Å². The zero-order valence-corrected chi connectivity index (χ0v) is 38.4. The molecule has 1 aliphatic carbocycles. The Bertz CT molecular complexity index is 3040. The standard InChI is InChI=1S/C38H40N10O2.C13H14ClNO/c1-44-23-28(20-41-44)33-18-26-5-4-6-29(31(26)21-40-33)27-17-30(36-34(19-27)45(2)38(50)46(36)3)25-11-13-47(14-12-25)22-24-9-15-48(16-10-24)35-8-7-32(37(39)49)42-43-35;14-13-8-12(7-6-10(13)9-15)16-11-4-2-1-3-5-11/h4-8,11,17-21,23-24H,9-10,12-16,22H2,1-3H3,(H2,39,49);6-8,11H,1-5H2. The highest BCUT2D eigenvalue weighted by molar-refractivity contribution is 6.31. The number of rotatable bonds is 9. The normalized spacial score (nSPS) is 16.2. The van der Waals surface area contributed by atoms with Crippen LogP contribution in [0.2, 0.25) is 5.02 Å². The lowest BCUT2D eigenvalue weighted by atomic mass is 9.91. The van der Waals surface area contributed by atoms with Gasteiger partial charge in [-0.2, -0.15) is 10.4 Å². The third kappa shape index (κ3) is 9.45. The molecule has 3 aliphatic rings. The fourth-order valence-electron chi connectivity index (χ4n) is 9.68. The van der Waals surface area contributed by atoms with Crippen molar-refractivity contribution in [3.8, 4) is 34.2 Å². The molecule has 0 radical (unpaired) electrons. The third-order valence-corrected chi connectivity index (χ3v) is 13.7. The number of fused-ring (bicyclic) bond motifs is 2. The molecule has 2 N–H and O–H groups in total. The smallest absolute Gasteiger partial charge is 0.328 e. The Labute approximate surface area is 388 Å². The maximum absolute atomic E-state index is 13.2. The Kier molecular flexibility index (Phi) is 13.0. The summed E-state index contributed by atoms with van der Waals surface area (Å²) in [7, 11) is 5.63. The maximum Gasteiger partial charge on any atom is 0.328 e. The summed E-state index contributed by atoms with van der Waals surface area (Å²) in [5.41, 5.74) is 14.3. The largest absolute Gasteiger partial charge is 0.490 e. The molecule has 1 saturated heterocycles. The van der Waals surface area contributed by atoms with E-state index in [-0.39, 0.29) is 11.4 Å². The predicted molar refractivity (Wildman–Crippen MR) is 259 cm³/mol. The molecule has 1 amide bonds. The number of hydrogen-bond acceptors (Lipinski definition) is 10. The number of primary amides is 1. The van der Waals surface area contributed by atoms with Gasteiger partial charge in [-0.1, -0.05) is 42.3 Å². The van der Waals surface area contributed by atoms with Crippen molar-refractivity contribution in [3.05, 3.63) is 124 Å². The van der Waals surface area contributed by atoms with Gasteiger partial charge in [0.25, 0.3) is 5.91 Å². The summed E-state index contributed by atoms with van der Waals surface area (Å²) in [6.07, 6.45) is 17.5. The highest BCUT2D eigenvalue weighted by Crippen LogP contribution is 2.37. The number of hydrogen-bond donors (Lipinski definition) is 1. The van der Waals surface area contributed by atoms with Gasteiger partial charge in [0.2, 0.25) is 0 Å². The number of anilines is 1. The van der Waals surface area contributed by atoms with Gasteiger partial charge in [-0.3, -0.25) is 28.5 Å². The number of carbonyl (C=O) groups excluding carboxylic acids is 1. The van der Waals surface area contributed by atoms with Crippen LogP contribution >= 0.6 is 11.6 Å². The summed E-state index contributed by atoms with van der Waals surface area (Å²) in [4.78, 5) is 34.2. The lowest BCUT2D eigenvalue weighted by molar-refractivity contribution is 0.0994. The predicted octanol–water partition coefficient (Wildman–Crippen LogP) is 8.31. The van der Waals surface area contributed by atoms with Gasteiger partial charge in [-0.15, -0.1) is 10.2 Å². The molecule has 2 aliphatic heterocycles. The molecule has 6 heterocycles. The van der Waals surface area contributed by atoms with E-state index in [0.717, 1.165) is 126 Å². The molecular weight excluding hydrogens is 850 g/mol. The van der Waals surface area contributed by atoms with Crippen molar-refractivity contribution < 1.29 is 9.53 Å². The second-order valence-electron chi connectivity index (χ2n) is 17.7. The van der Waals surface area contributed by atoms with Crippen LogP contribution in [0.25, 0.3) is 49.8 Å². The first-order valence-corrected chi connectivity index (χ1v) is 23.1. The molecule has 338 valence electrons. The first-order chi connectivity index (χ1) is 32.0. The van der Waals surface area contributed by atoms with Crippen LogP contribution in [0.5, 0.6) is 5.75 Å². The van der Waals surface area contributed by atoms with E-state index >= 15 is 0 Å². The number of carbonyl (C=O) groups is 1. The van der Waals surface area contributed by atoms with Gasteiger partial charge in [0.15, 0.2) is 11.5 Å². The van der Waals surface area contributed by atoms with E-state index < -0.39 is 5.91 Å². The zero-order valence-electron chi connectivity index (χ0n) is 37.7. The number of ether oxygens (including phenoxy) is 1. The van der Waals surface area contributed by atoms with Crippen molar-refractivity contribution in [2.75, 3.05) is 37.6 Å². The van der Waals surface area contributed by atoms with Crippen LogP contribution in [-0.2, 0) is 21.1 Å². The van der Waals surface area contributed by atoms with Gasteiger partial charge in [-0.25, -0.2) is 4.79 Å². The van der Waals surface area contributed by atoms with Crippen LogP contribution < -0.4 is 21.1 Å². The molecule has 66 heavy (non-hydrogen) atoms. The van der Waals surface area contributed by atoms with Gasteiger partial charge >= 0.3 is 5.69 Å².